The molecule has 1 heterocycles. The van der Waals surface area contributed by atoms with Crippen molar-refractivity contribution in [1.29, 1.82) is 0 Å². The predicted octanol–water partition coefficient (Wildman–Crippen LogP) is 10.1. The maximum atomic E-state index is 11.9. The van der Waals surface area contributed by atoms with Crippen LogP contribution in [0.25, 0.3) is 0 Å². The zero-order chi connectivity index (χ0) is 35.9. The van der Waals surface area contributed by atoms with Crippen LogP contribution in [0.2, 0.25) is 5.02 Å². The van der Waals surface area contributed by atoms with E-state index in [4.69, 9.17) is 11.6 Å². The minimum atomic E-state index is -0.142. The molecule has 0 unspecified atom stereocenters. The molecule has 3 N–H and O–H groups in total. The van der Waals surface area contributed by atoms with Crippen molar-refractivity contribution < 1.29 is 14.4 Å². The van der Waals surface area contributed by atoms with Gasteiger partial charge >= 0.3 is 0 Å². The monoisotopic (exact) mass is 682 g/mol. The summed E-state index contributed by atoms with van der Waals surface area (Å²) in [4.78, 5) is 39.4. The van der Waals surface area contributed by atoms with E-state index in [1.54, 1.807) is 48.8 Å². The standard InChI is InChI=1S/C15H15NO.C14H12ClNO.C13H12N2O/c1-11-3-7-13(8-4-11)15(17)16-14-9-5-12(2)6-10-14;1-10-2-8-13(9-3-10)16-14(17)11-4-6-12(15)7-5-11;1-10-4-6-12(7-5-10)15-13(16)11-3-2-8-14-9-11/h3-10H,1-2H3,(H,16,17);2-9H,1H3,(H,16,17);2-9H,1H3,(H,15,16). The number of nitrogens with one attached hydrogen (secondary N) is 3. The van der Waals surface area contributed by atoms with Gasteiger partial charge in [0.15, 0.2) is 0 Å². The van der Waals surface area contributed by atoms with Crippen LogP contribution in [0, 0.1) is 27.7 Å². The lowest BCUT2D eigenvalue weighted by Crippen LogP contribution is -2.11. The zero-order valence-electron chi connectivity index (χ0n) is 28.4. The third-order valence-electron chi connectivity index (χ3n) is 7.27. The number of pyridine rings is 1. The van der Waals surface area contributed by atoms with Crippen LogP contribution < -0.4 is 16.0 Å². The highest BCUT2D eigenvalue weighted by Gasteiger charge is 2.07. The number of amides is 3. The third-order valence-corrected chi connectivity index (χ3v) is 7.52. The van der Waals surface area contributed by atoms with Crippen molar-refractivity contribution >= 4 is 46.4 Å². The van der Waals surface area contributed by atoms with E-state index in [2.05, 4.69) is 20.9 Å². The summed E-state index contributed by atoms with van der Waals surface area (Å²) in [6, 6.07) is 40.9. The van der Waals surface area contributed by atoms with Gasteiger partial charge in [-0.1, -0.05) is 82.4 Å². The Bertz CT molecular complexity index is 1880. The quantitative estimate of drug-likeness (QED) is 0.163. The van der Waals surface area contributed by atoms with Crippen molar-refractivity contribution in [3.63, 3.8) is 0 Å². The van der Waals surface area contributed by atoms with E-state index in [9.17, 15) is 14.4 Å². The van der Waals surface area contributed by atoms with Gasteiger partial charge in [-0.25, -0.2) is 0 Å². The number of rotatable bonds is 6. The smallest absolute Gasteiger partial charge is 0.257 e. The molecule has 6 aromatic rings. The number of hydrogen-bond donors (Lipinski definition) is 3. The number of aromatic nitrogens is 1. The van der Waals surface area contributed by atoms with Crippen LogP contribution in [-0.2, 0) is 0 Å². The van der Waals surface area contributed by atoms with Crippen molar-refractivity contribution in [2.75, 3.05) is 16.0 Å². The van der Waals surface area contributed by atoms with Gasteiger partial charge in [0.05, 0.1) is 5.56 Å². The summed E-state index contributed by atoms with van der Waals surface area (Å²) < 4.78 is 0. The highest BCUT2D eigenvalue weighted by molar-refractivity contribution is 6.30. The molecule has 6 rings (SSSR count). The van der Waals surface area contributed by atoms with Gasteiger partial charge in [-0.15, -0.1) is 0 Å². The molecule has 0 saturated heterocycles. The van der Waals surface area contributed by atoms with Crippen LogP contribution in [0.3, 0.4) is 0 Å². The molecule has 0 aliphatic heterocycles. The average molecular weight is 683 g/mol. The molecule has 50 heavy (non-hydrogen) atoms. The second-order valence-corrected chi connectivity index (χ2v) is 12.0. The highest BCUT2D eigenvalue weighted by Crippen LogP contribution is 2.14. The molecule has 8 heteroatoms. The van der Waals surface area contributed by atoms with Gasteiger partial charge < -0.3 is 16.0 Å². The van der Waals surface area contributed by atoms with Gasteiger partial charge in [0.25, 0.3) is 17.7 Å². The number of aryl methyl sites for hydroxylation is 4. The van der Waals surface area contributed by atoms with Crippen molar-refractivity contribution in [1.82, 2.24) is 4.98 Å². The van der Waals surface area contributed by atoms with Crippen LogP contribution in [-0.4, -0.2) is 22.7 Å². The summed E-state index contributed by atoms with van der Waals surface area (Å²) in [6.45, 7) is 8.03. The zero-order valence-corrected chi connectivity index (χ0v) is 29.2. The minimum absolute atomic E-state index is 0.0751. The average Bonchev–Trinajstić information content (AvgIpc) is 3.13. The van der Waals surface area contributed by atoms with Gasteiger partial charge in [0, 0.05) is 45.6 Å². The lowest BCUT2D eigenvalue weighted by atomic mass is 10.1. The molecular formula is C42H39ClN4O3. The molecule has 0 radical (unpaired) electrons. The van der Waals surface area contributed by atoms with Crippen LogP contribution in [0.1, 0.15) is 53.3 Å². The van der Waals surface area contributed by atoms with E-state index in [1.807, 2.05) is 125 Å². The van der Waals surface area contributed by atoms with Gasteiger partial charge in [-0.3, -0.25) is 19.4 Å². The second kappa shape index (κ2) is 18.5. The molecule has 3 amide bonds. The first-order valence-corrected chi connectivity index (χ1v) is 16.3. The van der Waals surface area contributed by atoms with E-state index >= 15 is 0 Å². The maximum Gasteiger partial charge on any atom is 0.257 e. The molecule has 1 aromatic heterocycles. The fraction of sp³-hybridized carbons (Fsp3) is 0.0952. The number of anilines is 3. The van der Waals surface area contributed by atoms with Crippen molar-refractivity contribution in [3.05, 3.63) is 190 Å². The lowest BCUT2D eigenvalue weighted by molar-refractivity contribution is 0.101. The summed E-state index contributed by atoms with van der Waals surface area (Å²) in [7, 11) is 0. The van der Waals surface area contributed by atoms with Crippen LogP contribution >= 0.6 is 11.6 Å². The molecule has 0 bridgehead atoms. The first kappa shape index (κ1) is 36.8. The fourth-order valence-corrected chi connectivity index (χ4v) is 4.45. The lowest BCUT2D eigenvalue weighted by Gasteiger charge is -2.05. The van der Waals surface area contributed by atoms with Crippen LogP contribution in [0.5, 0.6) is 0 Å². The minimum Gasteiger partial charge on any atom is -0.322 e. The number of carbonyl (C=O) groups is 3. The Morgan fingerprint density at radius 2 is 0.760 bits per heavy atom. The van der Waals surface area contributed by atoms with Gasteiger partial charge in [0.1, 0.15) is 0 Å². The molecule has 5 aromatic carbocycles. The number of nitrogens with zero attached hydrogens (tertiary/aromatic N) is 1. The molecule has 0 atom stereocenters. The normalized spacial score (nSPS) is 9.94. The van der Waals surface area contributed by atoms with Crippen molar-refractivity contribution in [2.45, 2.75) is 27.7 Å². The van der Waals surface area contributed by atoms with E-state index < -0.39 is 0 Å². The maximum absolute atomic E-state index is 11.9. The molecular weight excluding hydrogens is 644 g/mol. The Morgan fingerprint density at radius 1 is 0.440 bits per heavy atom. The van der Waals surface area contributed by atoms with Crippen LogP contribution in [0.4, 0.5) is 17.1 Å². The first-order valence-electron chi connectivity index (χ1n) is 15.9. The predicted molar refractivity (Wildman–Crippen MR) is 204 cm³/mol. The Balaban J connectivity index is 0.000000169. The van der Waals surface area contributed by atoms with E-state index in [1.165, 1.54) is 11.1 Å². The molecule has 0 fully saturated rings. The number of halogens is 1. The summed E-state index contributed by atoms with van der Waals surface area (Å²) in [5, 5.41) is 9.12. The van der Waals surface area contributed by atoms with E-state index in [0.29, 0.717) is 21.7 Å². The summed E-state index contributed by atoms with van der Waals surface area (Å²) in [5.41, 5.74) is 8.88. The molecule has 0 aliphatic rings. The molecule has 0 saturated carbocycles. The molecule has 252 valence electrons. The van der Waals surface area contributed by atoms with Gasteiger partial charge in [-0.2, -0.15) is 0 Å². The molecule has 0 aliphatic carbocycles. The van der Waals surface area contributed by atoms with E-state index in [0.717, 1.165) is 28.2 Å². The summed E-state index contributed by atoms with van der Waals surface area (Å²) >= 11 is 5.76. The first-order chi connectivity index (χ1) is 24.0. The van der Waals surface area contributed by atoms with Gasteiger partial charge in [-0.05, 0) is 113 Å². The number of hydrogen-bond acceptors (Lipinski definition) is 4. The Morgan fingerprint density at radius 3 is 1.10 bits per heavy atom. The van der Waals surface area contributed by atoms with Crippen LogP contribution in [0.15, 0.2) is 146 Å². The number of benzene rings is 5. The number of carbonyl (C=O) groups excluding carboxylic acids is 3. The second-order valence-electron chi connectivity index (χ2n) is 11.6. The van der Waals surface area contributed by atoms with Crippen molar-refractivity contribution in [3.8, 4) is 0 Å². The molecule has 7 nitrogen and oxygen atoms in total. The highest BCUT2D eigenvalue weighted by atomic mass is 35.5. The molecule has 0 spiro atoms. The Kier molecular flexibility index (Phi) is 13.6. The Labute approximate surface area is 298 Å². The topological polar surface area (TPSA) is 100 Å². The Hall–Kier alpha value is -6.05. The van der Waals surface area contributed by atoms with Crippen molar-refractivity contribution in [2.24, 2.45) is 0 Å². The van der Waals surface area contributed by atoms with E-state index in [-0.39, 0.29) is 17.7 Å². The summed E-state index contributed by atoms with van der Waals surface area (Å²) in [6.07, 6.45) is 3.19. The largest absolute Gasteiger partial charge is 0.322 e. The van der Waals surface area contributed by atoms with Gasteiger partial charge in [0.2, 0.25) is 0 Å². The SMILES string of the molecule is Cc1ccc(NC(=O)c2ccc(C)cc2)cc1.Cc1ccc(NC(=O)c2ccc(Cl)cc2)cc1.Cc1ccc(NC(=O)c2cccnc2)cc1. The summed E-state index contributed by atoms with van der Waals surface area (Å²) in [5.74, 6) is -0.351. The fourth-order valence-electron chi connectivity index (χ4n) is 4.32. The third kappa shape index (κ3) is 12.2.